The summed E-state index contributed by atoms with van der Waals surface area (Å²) in [7, 11) is 0. The molecule has 2 nitrogen and oxygen atoms in total. The molecule has 1 aliphatic carbocycles. The Morgan fingerprint density at radius 1 is 0.455 bits per heavy atom. The summed E-state index contributed by atoms with van der Waals surface area (Å²) in [5.74, 6) is 0. The fourth-order valence-corrected chi connectivity index (χ4v) is 7.24. The van der Waals surface area contributed by atoms with Gasteiger partial charge in [-0.05, 0) is 83.6 Å². The minimum atomic E-state index is 1.05. The fourth-order valence-electron chi connectivity index (χ4n) is 7.24. The van der Waals surface area contributed by atoms with Crippen molar-refractivity contribution in [3.8, 4) is 33.6 Å². The average Bonchev–Trinajstić information content (AvgIpc) is 3.61. The molecule has 2 aromatic heterocycles. The Bertz CT molecular complexity index is 2350. The zero-order valence-corrected chi connectivity index (χ0v) is 24.3. The van der Waals surface area contributed by atoms with E-state index in [1.165, 1.54) is 77.6 Å². The Morgan fingerprint density at radius 3 is 1.93 bits per heavy atom. The molecular weight excluding hydrogens is 532 g/mol. The maximum Gasteiger partial charge on any atom is 0.0547 e. The van der Waals surface area contributed by atoms with E-state index in [0.29, 0.717) is 0 Å². The van der Waals surface area contributed by atoms with E-state index in [1.807, 2.05) is 0 Å². The SMILES string of the molecule is C1=Cc2c(n(-c3ccccc3)c3cc(-c4cccc5c4c4cc(-c6ccccc6)ccc4n5-c4ccccc4)ccc23)CC1. The quantitative estimate of drug-likeness (QED) is 0.202. The number of rotatable bonds is 4. The van der Waals surface area contributed by atoms with E-state index in [4.69, 9.17) is 0 Å². The van der Waals surface area contributed by atoms with E-state index in [-0.39, 0.29) is 0 Å². The first-order chi connectivity index (χ1) is 21.8. The topological polar surface area (TPSA) is 9.86 Å². The summed E-state index contributed by atoms with van der Waals surface area (Å²) in [6, 6.07) is 53.0. The van der Waals surface area contributed by atoms with Crippen molar-refractivity contribution in [1.29, 1.82) is 0 Å². The van der Waals surface area contributed by atoms with Crippen LogP contribution in [0, 0.1) is 0 Å². The number of hydrogen-bond acceptors (Lipinski definition) is 0. The van der Waals surface area contributed by atoms with Crippen molar-refractivity contribution in [3.63, 3.8) is 0 Å². The Morgan fingerprint density at radius 2 is 1.16 bits per heavy atom. The molecule has 208 valence electrons. The van der Waals surface area contributed by atoms with Crippen molar-refractivity contribution >= 4 is 38.8 Å². The summed E-state index contributed by atoms with van der Waals surface area (Å²) in [6.07, 6.45) is 6.76. The van der Waals surface area contributed by atoms with Gasteiger partial charge in [0.2, 0.25) is 0 Å². The first-order valence-corrected chi connectivity index (χ1v) is 15.4. The molecule has 6 aromatic carbocycles. The lowest BCUT2D eigenvalue weighted by Gasteiger charge is -2.13. The van der Waals surface area contributed by atoms with Gasteiger partial charge in [0, 0.05) is 38.8 Å². The molecule has 9 rings (SSSR count). The first-order valence-electron chi connectivity index (χ1n) is 15.4. The van der Waals surface area contributed by atoms with Gasteiger partial charge in [-0.15, -0.1) is 0 Å². The molecule has 0 amide bonds. The summed E-state index contributed by atoms with van der Waals surface area (Å²) < 4.78 is 4.90. The highest BCUT2D eigenvalue weighted by Crippen LogP contribution is 2.42. The minimum absolute atomic E-state index is 1.05. The standard InChI is InChI=1S/C42H30N2/c1-4-13-29(14-5-1)30-24-26-39-37(27-30)42-34(20-12-22-40(42)43(39)32-15-6-2-7-16-32)31-23-25-36-35-19-10-11-21-38(35)44(41(36)28-31)33-17-8-3-9-18-33/h1-10,12-20,22-28H,11,21H2. The lowest BCUT2D eigenvalue weighted by molar-refractivity contribution is 0.888. The fraction of sp³-hybridized carbons (Fsp3) is 0.0476. The summed E-state index contributed by atoms with van der Waals surface area (Å²) in [5.41, 5.74) is 13.8. The van der Waals surface area contributed by atoms with Crippen molar-refractivity contribution in [3.05, 3.63) is 163 Å². The molecule has 44 heavy (non-hydrogen) atoms. The molecule has 2 heteroatoms. The number of para-hydroxylation sites is 2. The highest BCUT2D eigenvalue weighted by Gasteiger charge is 2.21. The first kappa shape index (κ1) is 24.9. The molecule has 0 atom stereocenters. The molecule has 0 spiro atoms. The zero-order chi connectivity index (χ0) is 29.0. The number of benzene rings is 6. The maximum atomic E-state index is 2.48. The second-order valence-corrected chi connectivity index (χ2v) is 11.7. The molecular formula is C42H30N2. The number of aromatic nitrogens is 2. The number of allylic oxidation sites excluding steroid dienone is 1. The number of hydrogen-bond donors (Lipinski definition) is 0. The van der Waals surface area contributed by atoms with Crippen LogP contribution in [0.25, 0.3) is 72.4 Å². The summed E-state index contributed by atoms with van der Waals surface area (Å²) in [4.78, 5) is 0. The van der Waals surface area contributed by atoms with Gasteiger partial charge in [-0.3, -0.25) is 0 Å². The van der Waals surface area contributed by atoms with Crippen molar-refractivity contribution in [1.82, 2.24) is 9.13 Å². The second-order valence-electron chi connectivity index (χ2n) is 11.7. The molecule has 1 aliphatic rings. The van der Waals surface area contributed by atoms with Gasteiger partial charge in [0.15, 0.2) is 0 Å². The third kappa shape index (κ3) is 3.81. The normalized spacial score (nSPS) is 12.7. The van der Waals surface area contributed by atoms with Gasteiger partial charge < -0.3 is 9.13 Å². The van der Waals surface area contributed by atoms with Crippen molar-refractivity contribution in [2.45, 2.75) is 12.8 Å². The second kappa shape index (κ2) is 10.00. The van der Waals surface area contributed by atoms with Crippen LogP contribution in [0.1, 0.15) is 17.7 Å². The van der Waals surface area contributed by atoms with Crippen molar-refractivity contribution < 1.29 is 0 Å². The van der Waals surface area contributed by atoms with Crippen LogP contribution in [0.5, 0.6) is 0 Å². The Hall–Kier alpha value is -5.60. The van der Waals surface area contributed by atoms with Crippen LogP contribution in [-0.4, -0.2) is 9.13 Å². The predicted octanol–water partition coefficient (Wildman–Crippen LogP) is 11.0. The van der Waals surface area contributed by atoms with Gasteiger partial charge in [-0.25, -0.2) is 0 Å². The minimum Gasteiger partial charge on any atom is -0.313 e. The Balaban J connectivity index is 1.35. The van der Waals surface area contributed by atoms with Gasteiger partial charge in [0.05, 0.1) is 16.6 Å². The third-order valence-corrected chi connectivity index (χ3v) is 9.18. The Kier molecular flexibility index (Phi) is 5.67. The summed E-state index contributed by atoms with van der Waals surface area (Å²) in [5, 5.41) is 3.86. The van der Waals surface area contributed by atoms with E-state index >= 15 is 0 Å². The van der Waals surface area contributed by atoms with Crippen molar-refractivity contribution in [2.75, 3.05) is 0 Å². The molecule has 0 saturated carbocycles. The lowest BCUT2D eigenvalue weighted by Crippen LogP contribution is -2.02. The van der Waals surface area contributed by atoms with Crippen LogP contribution < -0.4 is 0 Å². The smallest absolute Gasteiger partial charge is 0.0547 e. The highest BCUT2D eigenvalue weighted by atomic mass is 15.0. The number of nitrogens with zero attached hydrogens (tertiary/aromatic N) is 2. The molecule has 0 N–H and O–H groups in total. The molecule has 2 heterocycles. The van der Waals surface area contributed by atoms with E-state index in [2.05, 4.69) is 167 Å². The van der Waals surface area contributed by atoms with E-state index in [0.717, 1.165) is 12.8 Å². The molecule has 0 radical (unpaired) electrons. The van der Waals surface area contributed by atoms with Crippen LogP contribution in [0.15, 0.2) is 152 Å². The predicted molar refractivity (Wildman–Crippen MR) is 186 cm³/mol. The van der Waals surface area contributed by atoms with Gasteiger partial charge in [0.25, 0.3) is 0 Å². The average molecular weight is 563 g/mol. The van der Waals surface area contributed by atoms with Crippen LogP contribution in [0.4, 0.5) is 0 Å². The van der Waals surface area contributed by atoms with Crippen LogP contribution in [-0.2, 0) is 6.42 Å². The molecule has 0 fully saturated rings. The number of fused-ring (bicyclic) bond motifs is 6. The third-order valence-electron chi connectivity index (χ3n) is 9.18. The van der Waals surface area contributed by atoms with Gasteiger partial charge in [-0.2, -0.15) is 0 Å². The molecule has 0 bridgehead atoms. The highest BCUT2D eigenvalue weighted by molar-refractivity contribution is 6.17. The molecule has 8 aromatic rings. The molecule has 0 unspecified atom stereocenters. The summed E-state index contributed by atoms with van der Waals surface area (Å²) in [6.45, 7) is 0. The zero-order valence-electron chi connectivity index (χ0n) is 24.3. The van der Waals surface area contributed by atoms with Gasteiger partial charge >= 0.3 is 0 Å². The molecule has 0 saturated heterocycles. The van der Waals surface area contributed by atoms with Gasteiger partial charge in [0.1, 0.15) is 0 Å². The Labute approximate surface area is 256 Å². The molecule has 0 aliphatic heterocycles. The van der Waals surface area contributed by atoms with E-state index in [1.54, 1.807) is 0 Å². The van der Waals surface area contributed by atoms with E-state index in [9.17, 15) is 0 Å². The van der Waals surface area contributed by atoms with Gasteiger partial charge in [-0.1, -0.05) is 109 Å². The maximum absolute atomic E-state index is 2.48. The lowest BCUT2D eigenvalue weighted by atomic mass is 9.96. The van der Waals surface area contributed by atoms with Crippen LogP contribution >= 0.6 is 0 Å². The summed E-state index contributed by atoms with van der Waals surface area (Å²) >= 11 is 0. The van der Waals surface area contributed by atoms with Crippen LogP contribution in [0.3, 0.4) is 0 Å². The monoisotopic (exact) mass is 562 g/mol. The van der Waals surface area contributed by atoms with Crippen molar-refractivity contribution in [2.24, 2.45) is 0 Å². The van der Waals surface area contributed by atoms with E-state index < -0.39 is 0 Å². The van der Waals surface area contributed by atoms with Crippen LogP contribution in [0.2, 0.25) is 0 Å². The largest absolute Gasteiger partial charge is 0.313 e.